The van der Waals surface area contributed by atoms with Crippen LogP contribution in [-0.4, -0.2) is 11.7 Å². The second-order valence-corrected chi connectivity index (χ2v) is 5.87. The lowest BCUT2D eigenvalue weighted by molar-refractivity contribution is 0.147. The van der Waals surface area contributed by atoms with Crippen molar-refractivity contribution in [3.05, 3.63) is 89.4 Å². The second-order valence-electron chi connectivity index (χ2n) is 5.87. The molecule has 5 nitrogen and oxygen atoms in total. The highest BCUT2D eigenvalue weighted by Gasteiger charge is 2.09. The zero-order valence-electron chi connectivity index (χ0n) is 14.3. The van der Waals surface area contributed by atoms with Gasteiger partial charge in [-0.05, 0) is 35.9 Å². The molecule has 2 aromatic carbocycles. The smallest absolute Gasteiger partial charge is 0.133 e. The van der Waals surface area contributed by atoms with Crippen LogP contribution in [0, 0.1) is 11.3 Å². The van der Waals surface area contributed by atoms with Gasteiger partial charge >= 0.3 is 0 Å². The van der Waals surface area contributed by atoms with Crippen LogP contribution in [0.4, 0.5) is 0 Å². The molecular weight excluding hydrogens is 328 g/mol. The first-order valence-electron chi connectivity index (χ1n) is 8.38. The number of hydrogen-bond acceptors (Lipinski definition) is 5. The summed E-state index contributed by atoms with van der Waals surface area (Å²) in [4.78, 5) is 0. The fourth-order valence-electron chi connectivity index (χ4n) is 2.60. The third-order valence-electron chi connectivity index (χ3n) is 3.97. The Bertz CT molecular complexity index is 869. The highest BCUT2D eigenvalue weighted by atomic mass is 16.5. The molecule has 2 N–H and O–H groups in total. The monoisotopic (exact) mass is 348 g/mol. The van der Waals surface area contributed by atoms with Gasteiger partial charge in [0, 0.05) is 18.7 Å². The summed E-state index contributed by atoms with van der Waals surface area (Å²) in [6.45, 7) is 1.34. The zero-order chi connectivity index (χ0) is 18.2. The van der Waals surface area contributed by atoms with E-state index in [9.17, 15) is 5.11 Å². The van der Waals surface area contributed by atoms with Gasteiger partial charge in [-0.15, -0.1) is 0 Å². The Hall–Kier alpha value is -3.07. The fraction of sp³-hybridized carbons (Fsp3) is 0.190. The minimum atomic E-state index is -0.674. The van der Waals surface area contributed by atoms with E-state index in [1.807, 2.05) is 42.5 Å². The largest absolute Gasteiger partial charge is 0.489 e. The van der Waals surface area contributed by atoms with Crippen molar-refractivity contribution in [3.8, 4) is 11.8 Å². The Morgan fingerprint density at radius 3 is 2.81 bits per heavy atom. The van der Waals surface area contributed by atoms with Crippen molar-refractivity contribution >= 4 is 0 Å². The molecule has 1 unspecified atom stereocenters. The van der Waals surface area contributed by atoms with Gasteiger partial charge in [-0.1, -0.05) is 30.3 Å². The first-order valence-corrected chi connectivity index (χ1v) is 8.38. The molecule has 1 aromatic heterocycles. The maximum Gasteiger partial charge on any atom is 0.133 e. The van der Waals surface area contributed by atoms with E-state index in [1.165, 1.54) is 0 Å². The molecule has 0 radical (unpaired) electrons. The van der Waals surface area contributed by atoms with Gasteiger partial charge in [0.15, 0.2) is 0 Å². The van der Waals surface area contributed by atoms with Crippen molar-refractivity contribution in [2.24, 2.45) is 0 Å². The molecule has 0 bridgehead atoms. The van der Waals surface area contributed by atoms with Crippen molar-refractivity contribution in [2.75, 3.05) is 6.54 Å². The van der Waals surface area contributed by atoms with Crippen molar-refractivity contribution in [2.45, 2.75) is 19.3 Å². The topological polar surface area (TPSA) is 78.4 Å². The fourth-order valence-corrected chi connectivity index (χ4v) is 2.60. The molecule has 0 saturated carbocycles. The third-order valence-corrected chi connectivity index (χ3v) is 3.97. The maximum absolute atomic E-state index is 9.99. The summed E-state index contributed by atoms with van der Waals surface area (Å²) in [5, 5.41) is 22.3. The van der Waals surface area contributed by atoms with E-state index in [0.29, 0.717) is 31.0 Å². The molecule has 0 amide bonds. The summed E-state index contributed by atoms with van der Waals surface area (Å²) in [7, 11) is 0. The summed E-state index contributed by atoms with van der Waals surface area (Å²) in [5.41, 5.74) is 2.53. The standard InChI is InChI=1S/C21H20N2O3/c22-12-17-6-1-2-7-18(17)15-26-19-8-3-5-16(11-19)13-23-14-20(24)21-9-4-10-25-21/h1-11,20,23-24H,13-15H2. The molecule has 1 heterocycles. The molecule has 0 spiro atoms. The van der Waals surface area contributed by atoms with Gasteiger partial charge in [0.1, 0.15) is 24.2 Å². The van der Waals surface area contributed by atoms with Crippen molar-refractivity contribution in [1.29, 1.82) is 5.26 Å². The summed E-state index contributed by atoms with van der Waals surface area (Å²) in [6.07, 6.45) is 0.871. The van der Waals surface area contributed by atoms with Gasteiger partial charge in [0.2, 0.25) is 0 Å². The predicted octanol–water partition coefficient (Wildman–Crippen LogP) is 3.55. The van der Waals surface area contributed by atoms with Crippen LogP contribution in [-0.2, 0) is 13.2 Å². The van der Waals surface area contributed by atoms with Gasteiger partial charge < -0.3 is 19.6 Å². The molecule has 0 aliphatic heterocycles. The van der Waals surface area contributed by atoms with Crippen LogP contribution in [0.2, 0.25) is 0 Å². The zero-order valence-corrected chi connectivity index (χ0v) is 14.3. The van der Waals surface area contributed by atoms with Gasteiger partial charge in [-0.2, -0.15) is 5.26 Å². The molecular formula is C21H20N2O3. The van der Waals surface area contributed by atoms with Crippen LogP contribution in [0.15, 0.2) is 71.3 Å². The number of benzene rings is 2. The molecule has 1 atom stereocenters. The average molecular weight is 348 g/mol. The summed E-state index contributed by atoms with van der Waals surface area (Å²) < 4.78 is 11.0. The van der Waals surface area contributed by atoms with Gasteiger partial charge in [0.25, 0.3) is 0 Å². The number of aliphatic hydroxyl groups excluding tert-OH is 1. The SMILES string of the molecule is N#Cc1ccccc1COc1cccc(CNCC(O)c2ccco2)c1. The predicted molar refractivity (Wildman–Crippen MR) is 97.3 cm³/mol. The minimum absolute atomic E-state index is 0.345. The molecule has 3 aromatic rings. The van der Waals surface area contributed by atoms with E-state index in [4.69, 9.17) is 14.4 Å². The first kappa shape index (κ1) is 17.7. The van der Waals surface area contributed by atoms with Crippen molar-refractivity contribution in [1.82, 2.24) is 5.32 Å². The normalized spacial score (nSPS) is 11.7. The van der Waals surface area contributed by atoms with Gasteiger partial charge in [-0.25, -0.2) is 0 Å². The van der Waals surface area contributed by atoms with Crippen LogP contribution in [0.5, 0.6) is 5.75 Å². The lowest BCUT2D eigenvalue weighted by atomic mass is 10.1. The number of hydrogen-bond donors (Lipinski definition) is 2. The number of rotatable bonds is 8. The highest BCUT2D eigenvalue weighted by molar-refractivity contribution is 5.37. The first-order chi connectivity index (χ1) is 12.8. The number of furan rings is 1. The lowest BCUT2D eigenvalue weighted by Gasteiger charge is -2.11. The van der Waals surface area contributed by atoms with Crippen LogP contribution >= 0.6 is 0 Å². The molecule has 5 heteroatoms. The van der Waals surface area contributed by atoms with E-state index in [-0.39, 0.29) is 0 Å². The van der Waals surface area contributed by atoms with E-state index in [2.05, 4.69) is 11.4 Å². The van der Waals surface area contributed by atoms with E-state index >= 15 is 0 Å². The second kappa shape index (κ2) is 8.86. The average Bonchev–Trinajstić information content (AvgIpc) is 3.22. The number of nitrogens with one attached hydrogen (secondary N) is 1. The molecule has 26 heavy (non-hydrogen) atoms. The lowest BCUT2D eigenvalue weighted by Crippen LogP contribution is -2.20. The number of ether oxygens (including phenoxy) is 1. The molecule has 132 valence electrons. The third kappa shape index (κ3) is 4.73. The Balaban J connectivity index is 1.52. The van der Waals surface area contributed by atoms with Gasteiger partial charge in [0.05, 0.1) is 17.9 Å². The number of nitriles is 1. The molecule has 3 rings (SSSR count). The summed E-state index contributed by atoms with van der Waals surface area (Å²) >= 11 is 0. The molecule has 0 saturated heterocycles. The quantitative estimate of drug-likeness (QED) is 0.651. The van der Waals surface area contributed by atoms with Crippen molar-refractivity contribution < 1.29 is 14.3 Å². The highest BCUT2D eigenvalue weighted by Crippen LogP contribution is 2.17. The summed E-state index contributed by atoms with van der Waals surface area (Å²) in [6, 6.07) is 20.8. The van der Waals surface area contributed by atoms with Crippen LogP contribution in [0.3, 0.4) is 0 Å². The molecule has 0 fully saturated rings. The van der Waals surface area contributed by atoms with E-state index in [0.717, 1.165) is 16.9 Å². The summed E-state index contributed by atoms with van der Waals surface area (Å²) in [5.74, 6) is 1.29. The maximum atomic E-state index is 9.99. The Morgan fingerprint density at radius 2 is 2.00 bits per heavy atom. The van der Waals surface area contributed by atoms with Crippen LogP contribution < -0.4 is 10.1 Å². The number of nitrogens with zero attached hydrogens (tertiary/aromatic N) is 1. The number of aliphatic hydroxyl groups is 1. The van der Waals surface area contributed by atoms with E-state index < -0.39 is 6.10 Å². The van der Waals surface area contributed by atoms with Crippen LogP contribution in [0.25, 0.3) is 0 Å². The van der Waals surface area contributed by atoms with Gasteiger partial charge in [-0.3, -0.25) is 0 Å². The Morgan fingerprint density at radius 1 is 1.12 bits per heavy atom. The Kier molecular flexibility index (Phi) is 6.05. The van der Waals surface area contributed by atoms with Crippen LogP contribution in [0.1, 0.15) is 28.6 Å². The molecule has 0 aliphatic rings. The van der Waals surface area contributed by atoms with Crippen molar-refractivity contribution in [3.63, 3.8) is 0 Å². The molecule has 0 aliphatic carbocycles. The minimum Gasteiger partial charge on any atom is -0.489 e. The Labute approximate surface area is 152 Å². The van der Waals surface area contributed by atoms with E-state index in [1.54, 1.807) is 24.5 Å².